The number of thiazole rings is 1. The monoisotopic (exact) mass is 392 g/mol. The number of hydrogen-bond donors (Lipinski definition) is 4. The molecule has 9 nitrogen and oxygen atoms in total. The molecule has 1 heterocycles. The molecule has 1 aromatic heterocycles. The molecule has 2 aromatic rings. The summed E-state index contributed by atoms with van der Waals surface area (Å²) in [7, 11) is 1.64. The first-order valence-electron chi connectivity index (χ1n) is 7.57. The highest BCUT2D eigenvalue weighted by atomic mass is 32.1. The minimum Gasteiger partial charge on any atom is -0.496 e. The molecule has 0 radical (unpaired) electrons. The molecule has 0 spiro atoms. The second-order valence-electron chi connectivity index (χ2n) is 4.92. The van der Waals surface area contributed by atoms with Gasteiger partial charge in [-0.2, -0.15) is 0 Å². The van der Waals surface area contributed by atoms with E-state index in [9.17, 15) is 9.59 Å². The molecule has 0 amide bonds. The molecule has 1 aromatic carbocycles. The van der Waals surface area contributed by atoms with Crippen LogP contribution in [0, 0.1) is 6.92 Å². The molecule has 0 fully saturated rings. The molecule has 0 saturated heterocycles. The van der Waals surface area contributed by atoms with E-state index in [0.29, 0.717) is 24.7 Å². The number of rotatable bonds is 6. The number of carbonyl (C=O) groups is 2. The van der Waals surface area contributed by atoms with Crippen molar-refractivity contribution in [3.05, 3.63) is 53.1 Å². The van der Waals surface area contributed by atoms with Crippen LogP contribution < -0.4 is 15.8 Å². The second-order valence-corrected chi connectivity index (χ2v) is 6.16. The number of benzene rings is 1. The summed E-state index contributed by atoms with van der Waals surface area (Å²) >= 11 is 1.54. The minimum atomic E-state index is -1.26. The van der Waals surface area contributed by atoms with Crippen molar-refractivity contribution in [2.45, 2.75) is 13.5 Å². The first-order chi connectivity index (χ1) is 12.8. The van der Waals surface area contributed by atoms with Crippen molar-refractivity contribution < 1.29 is 24.5 Å². The van der Waals surface area contributed by atoms with Gasteiger partial charge in [0.2, 0.25) is 0 Å². The summed E-state index contributed by atoms with van der Waals surface area (Å²) in [5.41, 5.74) is 6.81. The lowest BCUT2D eigenvalue weighted by Gasteiger charge is -2.06. The zero-order valence-corrected chi connectivity index (χ0v) is 15.6. The Hall–Kier alpha value is -3.40. The van der Waals surface area contributed by atoms with Gasteiger partial charge >= 0.3 is 11.9 Å². The molecule has 2 rings (SSSR count). The first kappa shape index (κ1) is 21.6. The lowest BCUT2D eigenvalue weighted by Crippen LogP contribution is -2.22. The molecule has 27 heavy (non-hydrogen) atoms. The molecule has 0 saturated carbocycles. The zero-order chi connectivity index (χ0) is 20.2. The van der Waals surface area contributed by atoms with Crippen molar-refractivity contribution in [3.8, 4) is 5.75 Å². The number of nitrogens with two attached hydrogens (primary N) is 1. The van der Waals surface area contributed by atoms with Gasteiger partial charge in [0.1, 0.15) is 5.75 Å². The van der Waals surface area contributed by atoms with Crippen LogP contribution >= 0.6 is 11.3 Å². The summed E-state index contributed by atoms with van der Waals surface area (Å²) < 4.78 is 5.26. The Morgan fingerprint density at radius 3 is 2.44 bits per heavy atom. The predicted molar refractivity (Wildman–Crippen MR) is 103 cm³/mol. The highest BCUT2D eigenvalue weighted by molar-refractivity contribution is 7.15. The van der Waals surface area contributed by atoms with Crippen LogP contribution in [-0.4, -0.2) is 40.2 Å². The number of aromatic nitrogens is 1. The number of methoxy groups -OCH3 is 1. The van der Waals surface area contributed by atoms with Crippen molar-refractivity contribution in [1.82, 2.24) is 4.98 Å². The summed E-state index contributed by atoms with van der Waals surface area (Å²) in [4.78, 5) is 28.7. The van der Waals surface area contributed by atoms with Crippen molar-refractivity contribution in [2.75, 3.05) is 12.4 Å². The molecule has 5 N–H and O–H groups in total. The number of ether oxygens (including phenoxy) is 1. The molecule has 0 unspecified atom stereocenters. The van der Waals surface area contributed by atoms with Crippen molar-refractivity contribution in [1.29, 1.82) is 0 Å². The van der Waals surface area contributed by atoms with E-state index in [1.54, 1.807) is 13.3 Å². The van der Waals surface area contributed by atoms with E-state index in [1.807, 2.05) is 31.2 Å². The number of guanidine groups is 1. The first-order valence-corrected chi connectivity index (χ1v) is 8.38. The van der Waals surface area contributed by atoms with Gasteiger partial charge in [-0.15, -0.1) is 11.3 Å². The lowest BCUT2D eigenvalue weighted by atomic mass is 10.2. The van der Waals surface area contributed by atoms with E-state index in [-0.39, 0.29) is 0 Å². The Balaban J connectivity index is 0.000000387. The third-order valence-electron chi connectivity index (χ3n) is 2.84. The number of aliphatic imine (C=N–C) groups is 1. The Bertz CT molecular complexity index is 816. The van der Waals surface area contributed by atoms with Crippen LogP contribution in [0.3, 0.4) is 0 Å². The number of carboxylic acids is 2. The van der Waals surface area contributed by atoms with Crippen molar-refractivity contribution >= 4 is 34.4 Å². The molecule has 144 valence electrons. The van der Waals surface area contributed by atoms with Gasteiger partial charge < -0.3 is 26.0 Å². The van der Waals surface area contributed by atoms with Crippen LogP contribution in [0.5, 0.6) is 5.75 Å². The van der Waals surface area contributed by atoms with Crippen molar-refractivity contribution in [2.24, 2.45) is 10.7 Å². The SMILES string of the molecule is COc1ccccc1CN=C(N)Nc1ncc(C)s1.O=C(O)C=CC(=O)O. The molecular weight excluding hydrogens is 372 g/mol. The molecular formula is C17H20N4O5S. The van der Waals surface area contributed by atoms with Gasteiger partial charge in [-0.05, 0) is 13.0 Å². The van der Waals surface area contributed by atoms with Crippen LogP contribution in [-0.2, 0) is 16.1 Å². The number of para-hydroxylation sites is 1. The van der Waals surface area contributed by atoms with Crippen LogP contribution in [0.1, 0.15) is 10.4 Å². The number of aliphatic carboxylic acids is 2. The van der Waals surface area contributed by atoms with E-state index < -0.39 is 11.9 Å². The number of nitrogens with one attached hydrogen (secondary N) is 1. The van der Waals surface area contributed by atoms with E-state index >= 15 is 0 Å². The number of hydrogen-bond acceptors (Lipinski definition) is 6. The van der Waals surface area contributed by atoms with Gasteiger partial charge in [-0.3, -0.25) is 0 Å². The van der Waals surface area contributed by atoms with Gasteiger partial charge in [0.05, 0.1) is 13.7 Å². The molecule has 0 aliphatic heterocycles. The number of carboxylic acid groups (broad SMARTS) is 2. The number of aryl methyl sites for hydroxylation is 1. The quantitative estimate of drug-likeness (QED) is 0.332. The average Bonchev–Trinajstić information content (AvgIpc) is 3.03. The van der Waals surface area contributed by atoms with Crippen LogP contribution in [0.2, 0.25) is 0 Å². The van der Waals surface area contributed by atoms with Crippen LogP contribution in [0.25, 0.3) is 0 Å². The predicted octanol–water partition coefficient (Wildman–Crippen LogP) is 2.10. The fourth-order valence-electron chi connectivity index (χ4n) is 1.71. The summed E-state index contributed by atoms with van der Waals surface area (Å²) in [5.74, 6) is -1.36. The van der Waals surface area contributed by atoms with Crippen LogP contribution in [0.4, 0.5) is 5.13 Å². The van der Waals surface area contributed by atoms with Crippen LogP contribution in [0.15, 0.2) is 47.6 Å². The molecule has 0 bridgehead atoms. The highest BCUT2D eigenvalue weighted by Crippen LogP contribution is 2.18. The summed E-state index contributed by atoms with van der Waals surface area (Å²) in [6.45, 7) is 2.46. The van der Waals surface area contributed by atoms with Gasteiger partial charge in [0, 0.05) is 28.8 Å². The standard InChI is InChI=1S/C13H16N4OS.C4H4O4/c1-9-7-16-13(19-9)17-12(14)15-8-10-5-3-4-6-11(10)18-2;5-3(6)1-2-4(7)8/h3-7H,8H2,1-2H3,(H3,14,15,16,17);1-2H,(H,5,6)(H,7,8). The fraction of sp³-hybridized carbons (Fsp3) is 0.176. The van der Waals surface area contributed by atoms with Gasteiger partial charge in [-0.1, -0.05) is 18.2 Å². The summed E-state index contributed by atoms with van der Waals surface area (Å²) in [5, 5.41) is 19.3. The maximum Gasteiger partial charge on any atom is 0.328 e. The molecule has 10 heteroatoms. The molecule has 0 aliphatic rings. The molecule has 0 atom stereocenters. The third kappa shape index (κ3) is 9.02. The summed E-state index contributed by atoms with van der Waals surface area (Å²) in [6.07, 6.45) is 2.91. The molecule has 0 aliphatic carbocycles. The van der Waals surface area contributed by atoms with Gasteiger partial charge in [-0.25, -0.2) is 19.6 Å². The Kier molecular flexibility index (Phi) is 9.03. The largest absolute Gasteiger partial charge is 0.496 e. The topological polar surface area (TPSA) is 147 Å². The lowest BCUT2D eigenvalue weighted by molar-refractivity contribution is -0.134. The normalized spacial score (nSPS) is 10.8. The number of nitrogens with zero attached hydrogens (tertiary/aromatic N) is 2. The fourth-order valence-corrected chi connectivity index (χ4v) is 2.38. The van der Waals surface area contributed by atoms with Gasteiger partial charge in [0.25, 0.3) is 0 Å². The Morgan fingerprint density at radius 1 is 1.30 bits per heavy atom. The van der Waals surface area contributed by atoms with E-state index in [2.05, 4.69) is 15.3 Å². The zero-order valence-electron chi connectivity index (χ0n) is 14.7. The third-order valence-corrected chi connectivity index (χ3v) is 3.67. The maximum absolute atomic E-state index is 9.55. The van der Waals surface area contributed by atoms with Crippen molar-refractivity contribution in [3.63, 3.8) is 0 Å². The Morgan fingerprint density at radius 2 is 1.93 bits per heavy atom. The average molecular weight is 392 g/mol. The van der Waals surface area contributed by atoms with Gasteiger partial charge in [0.15, 0.2) is 11.1 Å². The van der Waals surface area contributed by atoms with E-state index in [4.69, 9.17) is 20.7 Å². The smallest absolute Gasteiger partial charge is 0.328 e. The summed E-state index contributed by atoms with van der Waals surface area (Å²) in [6, 6.07) is 7.73. The van der Waals surface area contributed by atoms with E-state index in [1.165, 1.54) is 11.3 Å². The second kappa shape index (κ2) is 11.3. The Labute approximate surface area is 159 Å². The van der Waals surface area contributed by atoms with E-state index in [0.717, 1.165) is 21.3 Å². The highest BCUT2D eigenvalue weighted by Gasteiger charge is 2.02. The maximum atomic E-state index is 9.55. The minimum absolute atomic E-state index is 0.347. The number of anilines is 1.